The number of halogens is 4. The van der Waals surface area contributed by atoms with Crippen molar-refractivity contribution in [2.24, 2.45) is 5.10 Å². The third-order valence-electron chi connectivity index (χ3n) is 4.65. The SMILES string of the molecule is COc1cc(C=NNC(=O)C(=O)Nc2ccc(C)c(Cl)c2)cc(Br)c1OCc1ccc(Cl)cc1Cl. The molecule has 0 saturated carbocycles. The molecule has 11 heteroatoms. The molecule has 0 fully saturated rings. The molecule has 0 bridgehead atoms. The van der Waals surface area contributed by atoms with Crippen LogP contribution in [0.3, 0.4) is 0 Å². The molecule has 35 heavy (non-hydrogen) atoms. The molecule has 0 aromatic heterocycles. The lowest BCUT2D eigenvalue weighted by Gasteiger charge is -2.14. The van der Waals surface area contributed by atoms with Gasteiger partial charge in [-0.3, -0.25) is 9.59 Å². The average molecular weight is 600 g/mol. The van der Waals surface area contributed by atoms with Crippen molar-refractivity contribution in [1.82, 2.24) is 5.43 Å². The number of benzene rings is 3. The van der Waals surface area contributed by atoms with Crippen molar-refractivity contribution in [2.75, 3.05) is 12.4 Å². The van der Waals surface area contributed by atoms with Crippen molar-refractivity contribution in [3.63, 3.8) is 0 Å². The van der Waals surface area contributed by atoms with E-state index in [0.29, 0.717) is 42.3 Å². The van der Waals surface area contributed by atoms with E-state index in [2.05, 4.69) is 31.8 Å². The number of methoxy groups -OCH3 is 1. The number of rotatable bonds is 7. The smallest absolute Gasteiger partial charge is 0.329 e. The maximum atomic E-state index is 12.1. The van der Waals surface area contributed by atoms with E-state index in [4.69, 9.17) is 44.3 Å². The lowest BCUT2D eigenvalue weighted by molar-refractivity contribution is -0.136. The highest BCUT2D eigenvalue weighted by atomic mass is 79.9. The van der Waals surface area contributed by atoms with Crippen LogP contribution in [0.2, 0.25) is 15.1 Å². The maximum Gasteiger partial charge on any atom is 0.329 e. The molecule has 0 aliphatic rings. The summed E-state index contributed by atoms with van der Waals surface area (Å²) in [6.07, 6.45) is 1.36. The van der Waals surface area contributed by atoms with Crippen LogP contribution in [0.15, 0.2) is 58.1 Å². The van der Waals surface area contributed by atoms with Crippen molar-refractivity contribution < 1.29 is 19.1 Å². The minimum atomic E-state index is -0.941. The summed E-state index contributed by atoms with van der Waals surface area (Å²) < 4.78 is 11.9. The van der Waals surface area contributed by atoms with Gasteiger partial charge in [0.25, 0.3) is 0 Å². The molecule has 0 spiro atoms. The van der Waals surface area contributed by atoms with Crippen LogP contribution in [0, 0.1) is 6.92 Å². The quantitative estimate of drug-likeness (QED) is 0.187. The van der Waals surface area contributed by atoms with Gasteiger partial charge in [0.05, 0.1) is 17.8 Å². The Hall–Kier alpha value is -2.78. The third kappa shape index (κ3) is 7.35. The summed E-state index contributed by atoms with van der Waals surface area (Å²) in [4.78, 5) is 24.1. The van der Waals surface area contributed by atoms with Gasteiger partial charge in [-0.2, -0.15) is 5.10 Å². The van der Waals surface area contributed by atoms with Crippen molar-refractivity contribution >= 4 is 74.4 Å². The van der Waals surface area contributed by atoms with Crippen molar-refractivity contribution in [2.45, 2.75) is 13.5 Å². The molecule has 7 nitrogen and oxygen atoms in total. The van der Waals surface area contributed by atoms with Crippen molar-refractivity contribution in [3.05, 3.63) is 84.8 Å². The van der Waals surface area contributed by atoms with Gasteiger partial charge in [0.15, 0.2) is 11.5 Å². The number of anilines is 1. The topological polar surface area (TPSA) is 89.0 Å². The van der Waals surface area contributed by atoms with Gasteiger partial charge in [0.2, 0.25) is 0 Å². The number of hydrogen-bond acceptors (Lipinski definition) is 5. The van der Waals surface area contributed by atoms with Crippen LogP contribution in [-0.4, -0.2) is 25.1 Å². The Bertz CT molecular complexity index is 1300. The minimum Gasteiger partial charge on any atom is -0.493 e. The van der Waals surface area contributed by atoms with Gasteiger partial charge in [-0.05, 0) is 70.4 Å². The van der Waals surface area contributed by atoms with E-state index in [1.165, 1.54) is 13.3 Å². The molecular weight excluding hydrogens is 581 g/mol. The van der Waals surface area contributed by atoms with Gasteiger partial charge in [-0.1, -0.05) is 46.9 Å². The Labute approximate surface area is 225 Å². The summed E-state index contributed by atoms with van der Waals surface area (Å²) in [5.74, 6) is -0.948. The second kappa shape index (κ2) is 12.3. The number of carbonyl (C=O) groups excluding carboxylic acids is 2. The van der Waals surface area contributed by atoms with Gasteiger partial charge in [0.1, 0.15) is 6.61 Å². The van der Waals surface area contributed by atoms with Gasteiger partial charge in [-0.15, -0.1) is 0 Å². The molecule has 0 aliphatic carbocycles. The number of aryl methyl sites for hydroxylation is 1. The zero-order chi connectivity index (χ0) is 25.5. The first kappa shape index (κ1) is 26.8. The Morgan fingerprint density at radius 1 is 1.03 bits per heavy atom. The number of amides is 2. The van der Waals surface area contributed by atoms with Gasteiger partial charge in [0, 0.05) is 26.3 Å². The van der Waals surface area contributed by atoms with Crippen molar-refractivity contribution in [3.8, 4) is 11.5 Å². The number of hydrogen-bond donors (Lipinski definition) is 2. The first-order chi connectivity index (χ1) is 16.7. The largest absolute Gasteiger partial charge is 0.493 e. The van der Waals surface area contributed by atoms with Crippen LogP contribution in [0.5, 0.6) is 11.5 Å². The summed E-state index contributed by atoms with van der Waals surface area (Å²) in [6, 6.07) is 13.4. The lowest BCUT2D eigenvalue weighted by atomic mass is 10.2. The molecule has 3 aromatic rings. The number of carbonyl (C=O) groups is 2. The molecule has 2 amide bonds. The molecule has 0 heterocycles. The molecule has 2 N–H and O–H groups in total. The van der Waals surface area contributed by atoms with E-state index in [-0.39, 0.29) is 6.61 Å². The van der Waals surface area contributed by atoms with Gasteiger partial charge < -0.3 is 14.8 Å². The summed E-state index contributed by atoms with van der Waals surface area (Å²) in [6.45, 7) is 2.02. The van der Waals surface area contributed by atoms with E-state index in [9.17, 15) is 9.59 Å². The molecule has 0 atom stereocenters. The number of hydrazone groups is 1. The highest BCUT2D eigenvalue weighted by Gasteiger charge is 2.15. The molecule has 0 saturated heterocycles. The summed E-state index contributed by atoms with van der Waals surface area (Å²) in [5, 5.41) is 7.79. The van der Waals surface area contributed by atoms with E-state index in [1.54, 1.807) is 48.5 Å². The summed E-state index contributed by atoms with van der Waals surface area (Å²) in [5.41, 5.74) is 4.76. The fraction of sp³-hybridized carbons (Fsp3) is 0.125. The van der Waals surface area contributed by atoms with E-state index >= 15 is 0 Å². The first-order valence-corrected chi connectivity index (χ1v) is 12.0. The maximum absolute atomic E-state index is 12.1. The predicted molar refractivity (Wildman–Crippen MR) is 142 cm³/mol. The highest BCUT2D eigenvalue weighted by Crippen LogP contribution is 2.37. The highest BCUT2D eigenvalue weighted by molar-refractivity contribution is 9.10. The minimum absolute atomic E-state index is 0.190. The molecule has 3 rings (SSSR count). The second-order valence-corrected chi connectivity index (χ2v) is 9.28. The number of nitrogens with zero attached hydrogens (tertiary/aromatic N) is 1. The Morgan fingerprint density at radius 3 is 2.49 bits per heavy atom. The van der Waals surface area contributed by atoms with Crippen LogP contribution in [0.4, 0.5) is 5.69 Å². The fourth-order valence-corrected chi connectivity index (χ4v) is 4.04. The Morgan fingerprint density at radius 2 is 1.80 bits per heavy atom. The first-order valence-electron chi connectivity index (χ1n) is 10.0. The molecule has 182 valence electrons. The van der Waals surface area contributed by atoms with Crippen molar-refractivity contribution in [1.29, 1.82) is 0 Å². The number of ether oxygens (including phenoxy) is 2. The molecular formula is C24H19BrCl3N3O4. The van der Waals surface area contributed by atoms with Crippen LogP contribution >= 0.6 is 50.7 Å². The second-order valence-electron chi connectivity index (χ2n) is 7.18. The number of nitrogens with one attached hydrogen (secondary N) is 2. The monoisotopic (exact) mass is 597 g/mol. The Balaban J connectivity index is 1.63. The van der Waals surface area contributed by atoms with Crippen LogP contribution < -0.4 is 20.2 Å². The van der Waals surface area contributed by atoms with E-state index < -0.39 is 11.8 Å². The molecule has 0 radical (unpaired) electrons. The van der Waals surface area contributed by atoms with Crippen LogP contribution in [-0.2, 0) is 16.2 Å². The average Bonchev–Trinajstić information content (AvgIpc) is 2.81. The van der Waals surface area contributed by atoms with Crippen LogP contribution in [0.1, 0.15) is 16.7 Å². The third-order valence-corrected chi connectivity index (χ3v) is 6.24. The van der Waals surface area contributed by atoms with E-state index in [0.717, 1.165) is 11.1 Å². The summed E-state index contributed by atoms with van der Waals surface area (Å²) >= 11 is 21.6. The van der Waals surface area contributed by atoms with Gasteiger partial charge in [-0.25, -0.2) is 5.43 Å². The Kier molecular flexibility index (Phi) is 9.40. The molecule has 0 aliphatic heterocycles. The zero-order valence-electron chi connectivity index (χ0n) is 18.5. The zero-order valence-corrected chi connectivity index (χ0v) is 22.3. The predicted octanol–water partition coefficient (Wildman–Crippen LogP) is 6.39. The standard InChI is InChI=1S/C24H19BrCl3N3O4/c1-13-3-6-17(10-19(13)27)30-23(32)24(33)31-29-11-14-7-18(25)22(21(8-14)34-2)35-12-15-4-5-16(26)9-20(15)28/h3-11H,12H2,1-2H3,(H,30,32)(H,31,33). The lowest BCUT2D eigenvalue weighted by Crippen LogP contribution is -2.32. The van der Waals surface area contributed by atoms with Crippen LogP contribution in [0.25, 0.3) is 0 Å². The fourth-order valence-electron chi connectivity index (χ4n) is 2.82. The summed E-state index contributed by atoms with van der Waals surface area (Å²) in [7, 11) is 1.49. The molecule has 0 unspecified atom stereocenters. The van der Waals surface area contributed by atoms with E-state index in [1.807, 2.05) is 6.92 Å². The normalized spacial score (nSPS) is 10.8. The molecule has 3 aromatic carbocycles. The van der Waals surface area contributed by atoms with Gasteiger partial charge >= 0.3 is 11.8 Å².